The quantitative estimate of drug-likeness (QED) is 0.846. The van der Waals surface area contributed by atoms with Gasteiger partial charge in [-0.2, -0.15) is 12.6 Å². The highest BCUT2D eigenvalue weighted by Crippen LogP contribution is 2.33. The molecule has 0 aromatic heterocycles. The molecule has 2 aromatic rings. The standard InChI is InChI=1S/C13H11ClO3S/c1-17-11-6-8(12(18)13(15)16)4-7-5-9(14)2-3-10(7)11/h2-6,12,18H,1H3,(H,15,16). The molecule has 2 aromatic carbocycles. The predicted molar refractivity (Wildman–Crippen MR) is 74.9 cm³/mol. The van der Waals surface area contributed by atoms with Crippen molar-refractivity contribution in [3.05, 3.63) is 40.9 Å². The van der Waals surface area contributed by atoms with Gasteiger partial charge in [-0.05, 0) is 41.3 Å². The van der Waals surface area contributed by atoms with Crippen LogP contribution in [0.5, 0.6) is 5.75 Å². The first-order chi connectivity index (χ1) is 8.52. The summed E-state index contributed by atoms with van der Waals surface area (Å²) in [5.41, 5.74) is 0.567. The Morgan fingerprint density at radius 3 is 2.72 bits per heavy atom. The van der Waals surface area contributed by atoms with Crippen molar-refractivity contribution in [2.24, 2.45) is 0 Å². The number of halogens is 1. The highest BCUT2D eigenvalue weighted by Gasteiger charge is 2.17. The molecular weight excluding hydrogens is 272 g/mol. The van der Waals surface area contributed by atoms with E-state index in [2.05, 4.69) is 12.6 Å². The molecule has 18 heavy (non-hydrogen) atoms. The van der Waals surface area contributed by atoms with Gasteiger partial charge in [0.15, 0.2) is 0 Å². The van der Waals surface area contributed by atoms with E-state index in [9.17, 15) is 4.79 Å². The van der Waals surface area contributed by atoms with E-state index in [1.54, 1.807) is 31.4 Å². The summed E-state index contributed by atoms with van der Waals surface area (Å²) in [6.45, 7) is 0. The average molecular weight is 283 g/mol. The van der Waals surface area contributed by atoms with Crippen LogP contribution in [0, 0.1) is 0 Å². The van der Waals surface area contributed by atoms with Gasteiger partial charge in [0.25, 0.3) is 0 Å². The number of methoxy groups -OCH3 is 1. The molecule has 0 fully saturated rings. The molecule has 0 saturated carbocycles. The van der Waals surface area contributed by atoms with Crippen molar-refractivity contribution >= 4 is 41.0 Å². The van der Waals surface area contributed by atoms with Crippen LogP contribution in [-0.2, 0) is 4.79 Å². The van der Waals surface area contributed by atoms with Crippen LogP contribution in [0.1, 0.15) is 10.8 Å². The van der Waals surface area contributed by atoms with E-state index in [1.165, 1.54) is 0 Å². The molecule has 0 aliphatic carbocycles. The number of rotatable bonds is 3. The van der Waals surface area contributed by atoms with Crippen LogP contribution in [-0.4, -0.2) is 18.2 Å². The lowest BCUT2D eigenvalue weighted by Gasteiger charge is -2.11. The third-order valence-corrected chi connectivity index (χ3v) is 3.42. The van der Waals surface area contributed by atoms with Gasteiger partial charge < -0.3 is 9.84 Å². The van der Waals surface area contributed by atoms with E-state index < -0.39 is 11.2 Å². The zero-order chi connectivity index (χ0) is 13.3. The van der Waals surface area contributed by atoms with Gasteiger partial charge in [0.1, 0.15) is 11.0 Å². The summed E-state index contributed by atoms with van der Waals surface area (Å²) in [6, 6.07) is 8.82. The summed E-state index contributed by atoms with van der Waals surface area (Å²) in [7, 11) is 1.54. The molecule has 1 N–H and O–H groups in total. The molecule has 1 unspecified atom stereocenters. The summed E-state index contributed by atoms with van der Waals surface area (Å²) in [5.74, 6) is -0.388. The predicted octanol–water partition coefficient (Wildman–Crippen LogP) is 3.56. The number of hydrogen-bond acceptors (Lipinski definition) is 3. The van der Waals surface area contributed by atoms with E-state index >= 15 is 0 Å². The number of ether oxygens (including phenoxy) is 1. The van der Waals surface area contributed by atoms with Gasteiger partial charge in [-0.15, -0.1) is 0 Å². The number of fused-ring (bicyclic) bond motifs is 1. The molecule has 94 valence electrons. The molecule has 0 amide bonds. The van der Waals surface area contributed by atoms with Gasteiger partial charge in [0, 0.05) is 10.4 Å². The summed E-state index contributed by atoms with van der Waals surface area (Å²) in [6.07, 6.45) is 0. The number of benzene rings is 2. The summed E-state index contributed by atoms with van der Waals surface area (Å²) in [4.78, 5) is 11.0. The Bertz CT molecular complexity index is 612. The van der Waals surface area contributed by atoms with E-state index in [0.717, 1.165) is 10.8 Å². The maximum atomic E-state index is 11.0. The Morgan fingerprint density at radius 2 is 2.11 bits per heavy atom. The lowest BCUT2D eigenvalue weighted by Crippen LogP contribution is -2.05. The molecule has 0 heterocycles. The smallest absolute Gasteiger partial charge is 0.320 e. The third-order valence-electron chi connectivity index (χ3n) is 2.67. The number of hydrogen-bond donors (Lipinski definition) is 2. The Labute approximate surface area is 115 Å². The van der Waals surface area contributed by atoms with Crippen molar-refractivity contribution in [2.75, 3.05) is 7.11 Å². The molecule has 1 atom stereocenters. The SMILES string of the molecule is COc1cc(C(S)C(=O)O)cc2cc(Cl)ccc12. The summed E-state index contributed by atoms with van der Waals surface area (Å²) in [5, 5.41) is 10.4. The van der Waals surface area contributed by atoms with Gasteiger partial charge in [0.05, 0.1) is 7.11 Å². The Hall–Kier alpha value is -1.39. The first-order valence-corrected chi connectivity index (χ1v) is 6.10. The fourth-order valence-corrected chi connectivity index (χ4v) is 2.13. The molecule has 0 aliphatic heterocycles. The topological polar surface area (TPSA) is 46.5 Å². The maximum Gasteiger partial charge on any atom is 0.320 e. The fourth-order valence-electron chi connectivity index (χ4n) is 1.80. The minimum absolute atomic E-state index is 0.567. The van der Waals surface area contributed by atoms with Crippen molar-refractivity contribution in [2.45, 2.75) is 5.25 Å². The van der Waals surface area contributed by atoms with Crippen LogP contribution in [0.4, 0.5) is 0 Å². The number of carboxylic acid groups (broad SMARTS) is 1. The molecule has 0 saturated heterocycles. The second kappa shape index (κ2) is 5.08. The minimum atomic E-state index is -0.998. The van der Waals surface area contributed by atoms with Crippen LogP contribution in [0.2, 0.25) is 5.02 Å². The average Bonchev–Trinajstić information content (AvgIpc) is 2.35. The molecule has 3 nitrogen and oxygen atoms in total. The molecule has 0 bridgehead atoms. The van der Waals surface area contributed by atoms with Crippen LogP contribution >= 0.6 is 24.2 Å². The summed E-state index contributed by atoms with van der Waals surface area (Å²) < 4.78 is 5.27. The van der Waals surface area contributed by atoms with Crippen molar-refractivity contribution in [3.63, 3.8) is 0 Å². The van der Waals surface area contributed by atoms with E-state index in [1.807, 2.05) is 6.07 Å². The summed E-state index contributed by atoms with van der Waals surface area (Å²) >= 11 is 10.00. The Balaban J connectivity index is 2.67. The third kappa shape index (κ3) is 2.40. The van der Waals surface area contributed by atoms with Crippen LogP contribution in [0.25, 0.3) is 10.8 Å². The molecule has 0 radical (unpaired) electrons. The van der Waals surface area contributed by atoms with Crippen molar-refractivity contribution in [1.29, 1.82) is 0 Å². The zero-order valence-corrected chi connectivity index (χ0v) is 11.2. The second-order valence-electron chi connectivity index (χ2n) is 3.83. The molecule has 2 rings (SSSR count). The van der Waals surface area contributed by atoms with E-state index in [-0.39, 0.29) is 0 Å². The normalized spacial score (nSPS) is 12.4. The second-order valence-corrected chi connectivity index (χ2v) is 4.78. The first kappa shape index (κ1) is 13.1. The zero-order valence-electron chi connectivity index (χ0n) is 9.55. The lowest BCUT2D eigenvalue weighted by molar-refractivity contribution is -0.136. The van der Waals surface area contributed by atoms with Crippen molar-refractivity contribution < 1.29 is 14.6 Å². The highest BCUT2D eigenvalue weighted by molar-refractivity contribution is 7.81. The minimum Gasteiger partial charge on any atom is -0.496 e. The highest BCUT2D eigenvalue weighted by atomic mass is 35.5. The number of aliphatic carboxylic acids is 1. The fraction of sp³-hybridized carbons (Fsp3) is 0.154. The first-order valence-electron chi connectivity index (χ1n) is 5.21. The maximum absolute atomic E-state index is 11.0. The van der Waals surface area contributed by atoms with Gasteiger partial charge >= 0.3 is 5.97 Å². The number of carbonyl (C=O) groups is 1. The molecular formula is C13H11ClO3S. The van der Waals surface area contributed by atoms with Crippen LogP contribution < -0.4 is 4.74 Å². The van der Waals surface area contributed by atoms with Crippen LogP contribution in [0.15, 0.2) is 30.3 Å². The van der Waals surface area contributed by atoms with Gasteiger partial charge in [-0.25, -0.2) is 0 Å². The monoisotopic (exact) mass is 282 g/mol. The van der Waals surface area contributed by atoms with Crippen molar-refractivity contribution in [1.82, 2.24) is 0 Å². The van der Waals surface area contributed by atoms with E-state index in [0.29, 0.717) is 16.3 Å². The Kier molecular flexibility index (Phi) is 3.68. The number of carboxylic acids is 1. The van der Waals surface area contributed by atoms with Crippen molar-refractivity contribution in [3.8, 4) is 5.75 Å². The van der Waals surface area contributed by atoms with E-state index in [4.69, 9.17) is 21.4 Å². The molecule has 0 spiro atoms. The van der Waals surface area contributed by atoms with Gasteiger partial charge in [0.2, 0.25) is 0 Å². The largest absolute Gasteiger partial charge is 0.496 e. The Morgan fingerprint density at radius 1 is 1.39 bits per heavy atom. The molecule has 0 aliphatic rings. The van der Waals surface area contributed by atoms with Gasteiger partial charge in [-0.3, -0.25) is 4.79 Å². The molecule has 5 heteroatoms. The lowest BCUT2D eigenvalue weighted by atomic mass is 10.0. The van der Waals surface area contributed by atoms with Gasteiger partial charge in [-0.1, -0.05) is 11.6 Å². The number of thiol groups is 1. The van der Waals surface area contributed by atoms with Crippen LogP contribution in [0.3, 0.4) is 0 Å².